The number of rotatable bonds is 8. The first-order valence-electron chi connectivity index (χ1n) is 4.83. The van der Waals surface area contributed by atoms with Crippen molar-refractivity contribution in [2.45, 2.75) is 11.7 Å². The van der Waals surface area contributed by atoms with Crippen molar-refractivity contribution in [1.29, 1.82) is 0 Å². The molecule has 0 fully saturated rings. The van der Waals surface area contributed by atoms with Gasteiger partial charge in [0.2, 0.25) is 0 Å². The average Bonchev–Trinajstić information content (AvgIpc) is 2.28. The second-order valence-electron chi connectivity index (χ2n) is 3.04. The van der Waals surface area contributed by atoms with Gasteiger partial charge < -0.3 is 22.5 Å². The molecule has 0 bridgehead atoms. The first-order valence-corrected chi connectivity index (χ1v) is 6.33. The molecule has 0 saturated heterocycles. The number of carbonyl (C=O) groups excluding carboxylic acids is 2. The minimum Gasteiger partial charge on any atom is -1.00 e. The van der Waals surface area contributed by atoms with Gasteiger partial charge in [-0.25, -0.2) is 0 Å². The Morgan fingerprint density at radius 1 is 1.05 bits per heavy atom. The van der Waals surface area contributed by atoms with Crippen molar-refractivity contribution in [3.63, 3.8) is 0 Å². The van der Waals surface area contributed by atoms with Crippen LogP contribution in [0.3, 0.4) is 0 Å². The smallest absolute Gasteiger partial charge is 1.00 e. The summed E-state index contributed by atoms with van der Waals surface area (Å²) in [6.07, 6.45) is -0.941. The first-order chi connectivity index (χ1) is 8.32. The Kier molecular flexibility index (Phi) is 17.3. The van der Waals surface area contributed by atoms with Crippen LogP contribution in [0.25, 0.3) is 0 Å². The normalized spacial score (nSPS) is 11.6. The van der Waals surface area contributed by atoms with E-state index >= 15 is 0 Å². The van der Waals surface area contributed by atoms with E-state index in [0.29, 0.717) is 0 Å². The zero-order valence-electron chi connectivity index (χ0n) is 13.3. The standard InChI is InChI=1S/C8H14O9S.2Na.2H/c9-1-3-16-7(11)5-6(18(13,14)15)8(12)17-4-2-10;;;;/h6,9-10H,1-5H2,(H,13,14,15);;;;/q;2*+1;2*-1. The van der Waals surface area contributed by atoms with E-state index < -0.39 is 53.5 Å². The molecule has 0 rings (SSSR count). The third-order valence-electron chi connectivity index (χ3n) is 1.66. The SMILES string of the molecule is O=C(CC(C(=O)OCCO)S(=O)(=O)O)OCCO.[H-].[H-].[Na+].[Na+]. The van der Waals surface area contributed by atoms with Gasteiger partial charge in [-0.05, 0) is 0 Å². The Bertz CT molecular complexity index is 393. The van der Waals surface area contributed by atoms with Crippen LogP contribution in [0, 0.1) is 0 Å². The van der Waals surface area contributed by atoms with Gasteiger partial charge in [-0.15, -0.1) is 0 Å². The van der Waals surface area contributed by atoms with Crippen LogP contribution in [-0.4, -0.2) is 66.8 Å². The van der Waals surface area contributed by atoms with Crippen molar-refractivity contribution in [3.05, 3.63) is 0 Å². The molecule has 0 aromatic heterocycles. The molecule has 1 atom stereocenters. The van der Waals surface area contributed by atoms with E-state index in [1.165, 1.54) is 0 Å². The van der Waals surface area contributed by atoms with E-state index in [9.17, 15) is 18.0 Å². The molecule has 0 aromatic carbocycles. The molecule has 0 spiro atoms. The Labute approximate surface area is 163 Å². The number of hydrogen-bond donors (Lipinski definition) is 3. The molecule has 20 heavy (non-hydrogen) atoms. The molecule has 9 nitrogen and oxygen atoms in total. The van der Waals surface area contributed by atoms with Crippen LogP contribution < -0.4 is 59.1 Å². The molecule has 3 N–H and O–H groups in total. The number of esters is 2. The minimum absolute atomic E-state index is 0. The van der Waals surface area contributed by atoms with Crippen molar-refractivity contribution >= 4 is 22.1 Å². The molecule has 0 radical (unpaired) electrons. The van der Waals surface area contributed by atoms with Crippen LogP contribution in [0.4, 0.5) is 0 Å². The summed E-state index contributed by atoms with van der Waals surface area (Å²) in [5.74, 6) is -2.46. The van der Waals surface area contributed by atoms with Crippen molar-refractivity contribution in [3.8, 4) is 0 Å². The molecule has 110 valence electrons. The van der Waals surface area contributed by atoms with Gasteiger partial charge in [0.05, 0.1) is 19.6 Å². The Morgan fingerprint density at radius 3 is 1.90 bits per heavy atom. The van der Waals surface area contributed by atoms with Gasteiger partial charge in [0.1, 0.15) is 13.2 Å². The molecule has 1 unspecified atom stereocenters. The van der Waals surface area contributed by atoms with E-state index in [1.807, 2.05) is 0 Å². The zero-order valence-corrected chi connectivity index (χ0v) is 16.1. The summed E-state index contributed by atoms with van der Waals surface area (Å²) in [6, 6.07) is 0. The predicted octanol–water partition coefficient (Wildman–Crippen LogP) is -8.06. The fourth-order valence-corrected chi connectivity index (χ4v) is 1.58. The van der Waals surface area contributed by atoms with Crippen molar-refractivity contribution in [2.24, 2.45) is 0 Å². The minimum atomic E-state index is -4.83. The molecule has 0 saturated carbocycles. The molecular weight excluding hydrogens is 318 g/mol. The summed E-state index contributed by atoms with van der Waals surface area (Å²) in [5.41, 5.74) is 0. The molecular formula is C8H16Na2O9S. The van der Waals surface area contributed by atoms with Crippen LogP contribution >= 0.6 is 0 Å². The third kappa shape index (κ3) is 11.4. The molecule has 0 aliphatic heterocycles. The maximum absolute atomic E-state index is 11.2. The summed E-state index contributed by atoms with van der Waals surface area (Å²) >= 11 is 0. The Hall–Kier alpha value is 0.770. The van der Waals surface area contributed by atoms with Gasteiger partial charge in [0, 0.05) is 0 Å². The largest absolute Gasteiger partial charge is 1.00 e. The molecule has 0 amide bonds. The number of carbonyl (C=O) groups is 2. The summed E-state index contributed by atoms with van der Waals surface area (Å²) in [7, 11) is -4.83. The predicted molar refractivity (Wildman–Crippen MR) is 58.3 cm³/mol. The van der Waals surface area contributed by atoms with Crippen LogP contribution in [0.5, 0.6) is 0 Å². The molecule has 0 aliphatic carbocycles. The van der Waals surface area contributed by atoms with Gasteiger partial charge in [-0.3, -0.25) is 14.1 Å². The van der Waals surface area contributed by atoms with E-state index in [4.69, 9.17) is 14.8 Å². The van der Waals surface area contributed by atoms with E-state index in [1.54, 1.807) is 0 Å². The molecule has 12 heteroatoms. The summed E-state index contributed by atoms with van der Waals surface area (Å²) in [5, 5.41) is 14.6. The van der Waals surface area contributed by atoms with E-state index in [0.717, 1.165) is 0 Å². The molecule has 0 aromatic rings. The van der Waals surface area contributed by atoms with Crippen molar-refractivity contribution in [1.82, 2.24) is 0 Å². The maximum Gasteiger partial charge on any atom is 1.00 e. The third-order valence-corrected chi connectivity index (χ3v) is 2.74. The van der Waals surface area contributed by atoms with Gasteiger partial charge >= 0.3 is 71.1 Å². The van der Waals surface area contributed by atoms with Gasteiger partial charge in [0.25, 0.3) is 10.1 Å². The topological polar surface area (TPSA) is 147 Å². The Balaban J connectivity index is -0.000000241. The average molecular weight is 334 g/mol. The fraction of sp³-hybridized carbons (Fsp3) is 0.750. The summed E-state index contributed by atoms with van der Waals surface area (Å²) < 4.78 is 39.2. The summed E-state index contributed by atoms with van der Waals surface area (Å²) in [6.45, 7) is -1.81. The van der Waals surface area contributed by atoms with E-state index in [2.05, 4.69) is 9.47 Å². The Morgan fingerprint density at radius 2 is 1.50 bits per heavy atom. The molecule has 0 heterocycles. The number of hydrogen-bond acceptors (Lipinski definition) is 8. The van der Waals surface area contributed by atoms with Gasteiger partial charge in [-0.2, -0.15) is 8.42 Å². The van der Waals surface area contributed by atoms with Gasteiger partial charge in [-0.1, -0.05) is 0 Å². The molecule has 0 aliphatic rings. The maximum atomic E-state index is 11.2. The number of aliphatic hydroxyl groups is 2. The van der Waals surface area contributed by atoms with Gasteiger partial charge in [0.15, 0.2) is 5.25 Å². The summed E-state index contributed by atoms with van der Waals surface area (Å²) in [4.78, 5) is 22.3. The van der Waals surface area contributed by atoms with Crippen molar-refractivity contribution < 1.29 is 104 Å². The van der Waals surface area contributed by atoms with E-state index in [-0.39, 0.29) is 68.6 Å². The van der Waals surface area contributed by atoms with Crippen molar-refractivity contribution in [2.75, 3.05) is 26.4 Å². The zero-order chi connectivity index (χ0) is 14.2. The van der Waals surface area contributed by atoms with Crippen LogP contribution in [0.15, 0.2) is 0 Å². The number of ether oxygens (including phenoxy) is 2. The van der Waals surface area contributed by atoms with Crippen LogP contribution in [0.2, 0.25) is 0 Å². The first kappa shape index (κ1) is 25.7. The second kappa shape index (κ2) is 13.4. The monoisotopic (exact) mass is 334 g/mol. The quantitative estimate of drug-likeness (QED) is 0.224. The second-order valence-corrected chi connectivity index (χ2v) is 4.64. The number of aliphatic hydroxyl groups excluding tert-OH is 2. The van der Waals surface area contributed by atoms with Crippen LogP contribution in [0.1, 0.15) is 9.27 Å². The van der Waals surface area contributed by atoms with Crippen LogP contribution in [-0.2, 0) is 29.2 Å². The fourth-order valence-electron chi connectivity index (χ4n) is 0.919.